The molecular weight excluding hydrogens is 855 g/mol. The zero-order valence-electron chi connectivity index (χ0n) is 40.5. The zero-order chi connectivity index (χ0) is 47.5. The summed E-state index contributed by atoms with van der Waals surface area (Å²) in [6.45, 7) is 4.72. The summed E-state index contributed by atoms with van der Waals surface area (Å²) >= 11 is 0. The summed E-state index contributed by atoms with van der Waals surface area (Å²) in [5.41, 5.74) is 22.6. The highest BCUT2D eigenvalue weighted by atomic mass is 15.2. The fourth-order valence-electron chi connectivity index (χ4n) is 13.0. The summed E-state index contributed by atoms with van der Waals surface area (Å²) in [4.78, 5) is 2.72. The van der Waals surface area contributed by atoms with Gasteiger partial charge in [0.05, 0.1) is 16.6 Å². The van der Waals surface area contributed by atoms with Crippen molar-refractivity contribution >= 4 is 33.3 Å². The number of nitrogens with zero attached hydrogens (tertiary/aromatic N) is 1. The van der Waals surface area contributed by atoms with E-state index in [4.69, 9.17) is 0 Å². The maximum atomic E-state index is 3.53. The van der Waals surface area contributed by atoms with E-state index in [1.807, 2.05) is 0 Å². The lowest BCUT2D eigenvalue weighted by atomic mass is 9.67. The molecule has 0 bridgehead atoms. The van der Waals surface area contributed by atoms with E-state index in [0.717, 1.165) is 37.7 Å². The van der Waals surface area contributed by atoms with Gasteiger partial charge in [-0.25, -0.2) is 0 Å². The second-order valence-corrected chi connectivity index (χ2v) is 20.1. The van der Waals surface area contributed by atoms with E-state index in [1.165, 1.54) is 106 Å². The van der Waals surface area contributed by atoms with Crippen molar-refractivity contribution in [3.05, 3.63) is 286 Å². The van der Waals surface area contributed by atoms with Crippen molar-refractivity contribution < 1.29 is 0 Å². The molecule has 71 heavy (non-hydrogen) atoms. The lowest BCUT2D eigenvalue weighted by Gasteiger charge is -2.43. The van der Waals surface area contributed by atoms with Gasteiger partial charge in [-0.2, -0.15) is 0 Å². The van der Waals surface area contributed by atoms with Crippen molar-refractivity contribution in [3.8, 4) is 34.1 Å². The SMILES string of the molecule is CCc1ccccc1C1=CC=C(Cc2ccc(-c3ccc4c(c3)C(c3ccccc3)(c3ccccc3)c3cccc(N5c6ccccc6C6=CC(c7ccccc7)CCC65C)c3-4)c3ccccc23)CC#C1. The molecule has 2 unspecified atom stereocenters. The molecule has 0 N–H and O–H groups in total. The predicted octanol–water partition coefficient (Wildman–Crippen LogP) is 17.3. The Morgan fingerprint density at radius 3 is 1.99 bits per heavy atom. The van der Waals surface area contributed by atoms with Gasteiger partial charge in [-0.1, -0.05) is 231 Å². The van der Waals surface area contributed by atoms with Crippen LogP contribution in [-0.4, -0.2) is 5.54 Å². The molecule has 2 atom stereocenters. The molecule has 4 aliphatic rings. The molecular formula is C70H55N. The maximum absolute atomic E-state index is 3.53. The van der Waals surface area contributed by atoms with Crippen molar-refractivity contribution in [2.45, 2.75) is 62.8 Å². The van der Waals surface area contributed by atoms with Crippen molar-refractivity contribution in [1.82, 2.24) is 0 Å². The Hall–Kier alpha value is -8.18. The fourth-order valence-corrected chi connectivity index (χ4v) is 13.0. The molecule has 0 fully saturated rings. The molecule has 0 radical (unpaired) electrons. The molecule has 1 nitrogen and oxygen atoms in total. The van der Waals surface area contributed by atoms with Crippen LogP contribution in [0.2, 0.25) is 0 Å². The van der Waals surface area contributed by atoms with Crippen LogP contribution in [-0.2, 0) is 18.3 Å². The first-order valence-electron chi connectivity index (χ1n) is 25.6. The quantitative estimate of drug-likeness (QED) is 0.130. The average molecular weight is 910 g/mol. The van der Waals surface area contributed by atoms with E-state index < -0.39 is 5.41 Å². The Balaban J connectivity index is 0.973. The molecule has 9 aromatic carbocycles. The number of anilines is 2. The third kappa shape index (κ3) is 6.84. The number of allylic oxidation sites excluding steroid dienone is 5. The van der Waals surface area contributed by atoms with Crippen molar-refractivity contribution in [2.75, 3.05) is 4.90 Å². The summed E-state index contributed by atoms with van der Waals surface area (Å²) in [5.74, 6) is 7.42. The standard InChI is InChI=1S/C70H55N/c1-3-49-22-13-14-30-57(49)51-25-19-21-48(37-38-51)45-53-39-41-59(60-32-16-15-31-58(53)60)54-40-42-62-65(47-54)70(55-26-9-5-10-27-55,56-28-11-6-12-29-56)63-34-20-36-67(68(62)63)71-66-35-18-17-33-61(66)64-46-52(43-44-69(64,71)2)50-23-7-4-8-24-50/h4-18,20,22-24,26-42,46-47,52H,3,21,43-45H2,1-2H3. The third-order valence-corrected chi connectivity index (χ3v) is 16.3. The number of hydrogen-bond acceptors (Lipinski definition) is 1. The van der Waals surface area contributed by atoms with E-state index >= 15 is 0 Å². The lowest BCUT2D eigenvalue weighted by Crippen LogP contribution is -2.42. The first-order valence-corrected chi connectivity index (χ1v) is 25.6. The lowest BCUT2D eigenvalue weighted by molar-refractivity contribution is 0.488. The largest absolute Gasteiger partial charge is 0.330 e. The minimum atomic E-state index is -0.574. The second kappa shape index (κ2) is 17.3. The Morgan fingerprint density at radius 1 is 0.549 bits per heavy atom. The molecule has 0 amide bonds. The van der Waals surface area contributed by atoms with E-state index in [0.29, 0.717) is 5.92 Å². The first-order chi connectivity index (χ1) is 35.0. The second-order valence-electron chi connectivity index (χ2n) is 20.1. The monoisotopic (exact) mass is 909 g/mol. The van der Waals surface area contributed by atoms with Crippen LogP contribution >= 0.6 is 0 Å². The van der Waals surface area contributed by atoms with Gasteiger partial charge in [0.15, 0.2) is 0 Å². The topological polar surface area (TPSA) is 3.24 Å². The Kier molecular flexibility index (Phi) is 10.5. The molecule has 0 spiro atoms. The first kappa shape index (κ1) is 42.9. The predicted molar refractivity (Wildman–Crippen MR) is 298 cm³/mol. The van der Waals surface area contributed by atoms with E-state index in [1.54, 1.807) is 0 Å². The van der Waals surface area contributed by atoms with E-state index in [9.17, 15) is 0 Å². The highest BCUT2D eigenvalue weighted by Crippen LogP contribution is 2.63. The summed E-state index contributed by atoms with van der Waals surface area (Å²) < 4.78 is 0. The number of rotatable bonds is 9. The molecule has 0 saturated heterocycles. The Bertz CT molecular complexity index is 3670. The molecule has 1 heteroatoms. The molecule has 340 valence electrons. The summed E-state index contributed by atoms with van der Waals surface area (Å²) in [6.07, 6.45) is 11.9. The van der Waals surface area contributed by atoms with Crippen molar-refractivity contribution in [3.63, 3.8) is 0 Å². The van der Waals surface area contributed by atoms with Crippen molar-refractivity contribution in [1.29, 1.82) is 0 Å². The highest BCUT2D eigenvalue weighted by Gasteiger charge is 2.52. The minimum absolute atomic E-state index is 0.228. The Labute approximate surface area is 419 Å². The van der Waals surface area contributed by atoms with E-state index in [2.05, 4.69) is 261 Å². The highest BCUT2D eigenvalue weighted by molar-refractivity contribution is 6.04. The van der Waals surface area contributed by atoms with Gasteiger partial charge in [0.2, 0.25) is 0 Å². The van der Waals surface area contributed by atoms with Gasteiger partial charge in [-0.05, 0) is 134 Å². The van der Waals surface area contributed by atoms with Crippen LogP contribution in [0.25, 0.3) is 44.2 Å². The van der Waals surface area contributed by atoms with E-state index in [-0.39, 0.29) is 5.54 Å². The molecule has 3 aliphatic carbocycles. The number of fused-ring (bicyclic) bond motifs is 7. The minimum Gasteiger partial charge on any atom is -0.330 e. The molecule has 1 aliphatic heterocycles. The van der Waals surface area contributed by atoms with Gasteiger partial charge in [-0.15, -0.1) is 0 Å². The molecule has 0 saturated carbocycles. The fraction of sp³-hybridized carbons (Fsp3) is 0.143. The van der Waals surface area contributed by atoms with Crippen LogP contribution in [0.4, 0.5) is 11.4 Å². The molecule has 0 aromatic heterocycles. The van der Waals surface area contributed by atoms with Gasteiger partial charge in [0.1, 0.15) is 0 Å². The maximum Gasteiger partial charge on any atom is 0.0714 e. The smallest absolute Gasteiger partial charge is 0.0714 e. The van der Waals surface area contributed by atoms with Crippen LogP contribution in [0.1, 0.15) is 89.1 Å². The normalized spacial score (nSPS) is 18.2. The van der Waals surface area contributed by atoms with Crippen LogP contribution < -0.4 is 4.90 Å². The van der Waals surface area contributed by atoms with Crippen LogP contribution in [0, 0.1) is 11.8 Å². The van der Waals surface area contributed by atoms with Gasteiger partial charge >= 0.3 is 0 Å². The van der Waals surface area contributed by atoms with Gasteiger partial charge < -0.3 is 4.90 Å². The van der Waals surface area contributed by atoms with Crippen LogP contribution in [0.5, 0.6) is 0 Å². The number of benzene rings is 9. The number of hydrogen-bond donors (Lipinski definition) is 0. The number of para-hydroxylation sites is 1. The average Bonchev–Trinajstić information content (AvgIpc) is 3.75. The zero-order valence-corrected chi connectivity index (χ0v) is 40.5. The summed E-state index contributed by atoms with van der Waals surface area (Å²) in [6, 6.07) is 79.8. The van der Waals surface area contributed by atoms with Gasteiger partial charge in [0, 0.05) is 34.7 Å². The summed E-state index contributed by atoms with van der Waals surface area (Å²) in [7, 11) is 0. The molecule has 13 rings (SSSR count). The summed E-state index contributed by atoms with van der Waals surface area (Å²) in [5, 5.41) is 2.56. The molecule has 9 aromatic rings. The third-order valence-electron chi connectivity index (χ3n) is 16.3. The number of aryl methyl sites for hydroxylation is 1. The Morgan fingerprint density at radius 2 is 1.21 bits per heavy atom. The van der Waals surface area contributed by atoms with Gasteiger partial charge in [0.25, 0.3) is 0 Å². The molecule has 1 heterocycles. The van der Waals surface area contributed by atoms with Crippen molar-refractivity contribution in [2.24, 2.45) is 0 Å². The van der Waals surface area contributed by atoms with Crippen LogP contribution in [0.15, 0.2) is 236 Å². The van der Waals surface area contributed by atoms with Gasteiger partial charge in [-0.3, -0.25) is 0 Å². The van der Waals surface area contributed by atoms with Crippen LogP contribution in [0.3, 0.4) is 0 Å².